The first-order chi connectivity index (χ1) is 8.16. The molecule has 2 aromatic carbocycles. The number of anilines is 2. The molecule has 0 amide bonds. The van der Waals surface area contributed by atoms with E-state index >= 15 is 0 Å². The fourth-order valence-electron chi connectivity index (χ4n) is 1.42. The SMILES string of the molecule is Cc1cc(/N=N/c2ccccc2)c(N)cc1N. The van der Waals surface area contributed by atoms with Gasteiger partial charge in [-0.25, -0.2) is 0 Å². The van der Waals surface area contributed by atoms with E-state index in [0.29, 0.717) is 17.1 Å². The van der Waals surface area contributed by atoms with E-state index in [-0.39, 0.29) is 0 Å². The van der Waals surface area contributed by atoms with Crippen LogP contribution in [0.3, 0.4) is 0 Å². The predicted octanol–water partition coefficient (Wildman–Crippen LogP) is 3.57. The van der Waals surface area contributed by atoms with E-state index in [4.69, 9.17) is 11.5 Å². The zero-order chi connectivity index (χ0) is 12.3. The van der Waals surface area contributed by atoms with Gasteiger partial charge in [0.15, 0.2) is 0 Å². The Morgan fingerprint density at radius 1 is 0.882 bits per heavy atom. The minimum atomic E-state index is 0.535. The van der Waals surface area contributed by atoms with Gasteiger partial charge in [0, 0.05) is 5.69 Å². The summed E-state index contributed by atoms with van der Waals surface area (Å²) in [5.74, 6) is 0. The average molecular weight is 226 g/mol. The molecule has 0 spiro atoms. The molecule has 4 heteroatoms. The maximum atomic E-state index is 5.82. The quantitative estimate of drug-likeness (QED) is 0.606. The third-order valence-corrected chi connectivity index (χ3v) is 2.44. The number of aryl methyl sites for hydroxylation is 1. The molecular weight excluding hydrogens is 212 g/mol. The van der Waals surface area contributed by atoms with Crippen LogP contribution >= 0.6 is 0 Å². The second kappa shape index (κ2) is 4.65. The lowest BCUT2D eigenvalue weighted by atomic mass is 10.1. The molecule has 0 aromatic heterocycles. The largest absolute Gasteiger partial charge is 0.398 e. The molecule has 0 radical (unpaired) electrons. The van der Waals surface area contributed by atoms with Crippen molar-refractivity contribution in [2.75, 3.05) is 11.5 Å². The van der Waals surface area contributed by atoms with Gasteiger partial charge in [-0.3, -0.25) is 0 Å². The van der Waals surface area contributed by atoms with Gasteiger partial charge in [0.05, 0.1) is 11.4 Å². The van der Waals surface area contributed by atoms with Gasteiger partial charge in [-0.1, -0.05) is 18.2 Å². The van der Waals surface area contributed by atoms with Crippen molar-refractivity contribution in [2.45, 2.75) is 6.92 Å². The van der Waals surface area contributed by atoms with Crippen LogP contribution in [0.2, 0.25) is 0 Å². The van der Waals surface area contributed by atoms with Crippen LogP contribution in [0.15, 0.2) is 52.7 Å². The van der Waals surface area contributed by atoms with Crippen molar-refractivity contribution in [3.05, 3.63) is 48.0 Å². The van der Waals surface area contributed by atoms with Crippen molar-refractivity contribution in [2.24, 2.45) is 10.2 Å². The highest BCUT2D eigenvalue weighted by Crippen LogP contribution is 2.28. The highest BCUT2D eigenvalue weighted by molar-refractivity contribution is 5.70. The monoisotopic (exact) mass is 226 g/mol. The van der Waals surface area contributed by atoms with Gasteiger partial charge in [-0.2, -0.15) is 5.11 Å². The summed E-state index contributed by atoms with van der Waals surface area (Å²) in [4.78, 5) is 0. The zero-order valence-electron chi connectivity index (χ0n) is 9.59. The number of nitrogens with two attached hydrogens (primary N) is 2. The molecule has 0 aliphatic carbocycles. The number of nitrogen functional groups attached to an aromatic ring is 2. The Balaban J connectivity index is 2.31. The molecule has 0 saturated heterocycles. The molecule has 0 atom stereocenters. The van der Waals surface area contributed by atoms with Gasteiger partial charge in [0.1, 0.15) is 5.69 Å². The molecule has 4 nitrogen and oxygen atoms in total. The van der Waals surface area contributed by atoms with E-state index in [1.807, 2.05) is 43.3 Å². The average Bonchev–Trinajstić information content (AvgIpc) is 2.33. The summed E-state index contributed by atoms with van der Waals surface area (Å²) in [6.45, 7) is 1.91. The second-order valence-electron chi connectivity index (χ2n) is 3.80. The van der Waals surface area contributed by atoms with E-state index in [1.165, 1.54) is 0 Å². The molecule has 2 aromatic rings. The third kappa shape index (κ3) is 2.60. The number of nitrogens with zero attached hydrogens (tertiary/aromatic N) is 2. The predicted molar refractivity (Wildman–Crippen MR) is 70.6 cm³/mol. The molecule has 0 bridgehead atoms. The van der Waals surface area contributed by atoms with Gasteiger partial charge < -0.3 is 11.5 Å². The number of azo groups is 1. The van der Waals surface area contributed by atoms with Crippen LogP contribution in [0, 0.1) is 6.92 Å². The van der Waals surface area contributed by atoms with E-state index < -0.39 is 0 Å². The Labute approximate surface area is 100.0 Å². The molecular formula is C13H14N4. The summed E-state index contributed by atoms with van der Waals surface area (Å²) in [7, 11) is 0. The first kappa shape index (κ1) is 11.1. The molecule has 0 heterocycles. The van der Waals surface area contributed by atoms with Gasteiger partial charge in [-0.05, 0) is 36.8 Å². The molecule has 2 rings (SSSR count). The third-order valence-electron chi connectivity index (χ3n) is 2.44. The molecule has 17 heavy (non-hydrogen) atoms. The fourth-order valence-corrected chi connectivity index (χ4v) is 1.42. The van der Waals surface area contributed by atoms with Crippen LogP contribution < -0.4 is 11.5 Å². The Morgan fingerprint density at radius 3 is 2.29 bits per heavy atom. The standard InChI is InChI=1S/C13H14N4/c1-9-7-13(12(15)8-11(9)14)17-16-10-5-3-2-4-6-10/h2-8H,14-15H2,1H3/b17-16+. The van der Waals surface area contributed by atoms with Crippen LogP contribution in [0.1, 0.15) is 5.56 Å². The highest BCUT2D eigenvalue weighted by Gasteiger charge is 2.01. The molecule has 0 saturated carbocycles. The number of rotatable bonds is 2. The van der Waals surface area contributed by atoms with Crippen LogP contribution in [-0.4, -0.2) is 0 Å². The van der Waals surface area contributed by atoms with Crippen molar-refractivity contribution in [3.8, 4) is 0 Å². The van der Waals surface area contributed by atoms with E-state index in [2.05, 4.69) is 10.2 Å². The lowest BCUT2D eigenvalue weighted by molar-refractivity contribution is 1.23. The second-order valence-corrected chi connectivity index (χ2v) is 3.80. The maximum Gasteiger partial charge on any atom is 0.109 e. The van der Waals surface area contributed by atoms with Crippen molar-refractivity contribution in [1.82, 2.24) is 0 Å². The minimum absolute atomic E-state index is 0.535. The van der Waals surface area contributed by atoms with Gasteiger partial charge >= 0.3 is 0 Å². The Bertz CT molecular complexity index is 547. The lowest BCUT2D eigenvalue weighted by Crippen LogP contribution is -1.93. The van der Waals surface area contributed by atoms with Crippen molar-refractivity contribution < 1.29 is 0 Å². The van der Waals surface area contributed by atoms with E-state index in [0.717, 1.165) is 11.3 Å². The van der Waals surface area contributed by atoms with Crippen molar-refractivity contribution in [3.63, 3.8) is 0 Å². The van der Waals surface area contributed by atoms with Gasteiger partial charge in [0.25, 0.3) is 0 Å². The lowest BCUT2D eigenvalue weighted by Gasteiger charge is -2.04. The summed E-state index contributed by atoms with van der Waals surface area (Å²) in [6.07, 6.45) is 0. The molecule has 0 fully saturated rings. The Hall–Kier alpha value is -2.36. The number of hydrogen-bond acceptors (Lipinski definition) is 4. The summed E-state index contributed by atoms with van der Waals surface area (Å²) in [5.41, 5.74) is 15.1. The summed E-state index contributed by atoms with van der Waals surface area (Å²) >= 11 is 0. The fraction of sp³-hybridized carbons (Fsp3) is 0.0769. The van der Waals surface area contributed by atoms with E-state index in [9.17, 15) is 0 Å². The molecule has 0 unspecified atom stereocenters. The van der Waals surface area contributed by atoms with Crippen LogP contribution in [0.5, 0.6) is 0 Å². The zero-order valence-corrected chi connectivity index (χ0v) is 9.59. The molecule has 0 aliphatic heterocycles. The topological polar surface area (TPSA) is 76.8 Å². The number of benzene rings is 2. The summed E-state index contributed by atoms with van der Waals surface area (Å²) < 4.78 is 0. The highest BCUT2D eigenvalue weighted by atomic mass is 15.1. The van der Waals surface area contributed by atoms with Crippen molar-refractivity contribution in [1.29, 1.82) is 0 Å². The first-order valence-corrected chi connectivity index (χ1v) is 5.29. The Kier molecular flexibility index (Phi) is 3.05. The minimum Gasteiger partial charge on any atom is -0.398 e. The van der Waals surface area contributed by atoms with Crippen LogP contribution in [-0.2, 0) is 0 Å². The molecule has 4 N–H and O–H groups in total. The smallest absolute Gasteiger partial charge is 0.109 e. The van der Waals surface area contributed by atoms with Gasteiger partial charge in [-0.15, -0.1) is 5.11 Å². The molecule has 86 valence electrons. The van der Waals surface area contributed by atoms with Gasteiger partial charge in [0.2, 0.25) is 0 Å². The Morgan fingerprint density at radius 2 is 1.59 bits per heavy atom. The number of hydrogen-bond donors (Lipinski definition) is 2. The summed E-state index contributed by atoms with van der Waals surface area (Å²) in [6, 6.07) is 13.0. The normalized spacial score (nSPS) is 10.9. The first-order valence-electron chi connectivity index (χ1n) is 5.29. The van der Waals surface area contributed by atoms with Crippen molar-refractivity contribution >= 4 is 22.7 Å². The maximum absolute atomic E-state index is 5.82. The summed E-state index contributed by atoms with van der Waals surface area (Å²) in [5, 5.41) is 8.23. The van der Waals surface area contributed by atoms with E-state index in [1.54, 1.807) is 6.07 Å². The van der Waals surface area contributed by atoms with Crippen LogP contribution in [0.4, 0.5) is 22.7 Å². The van der Waals surface area contributed by atoms with Crippen LogP contribution in [0.25, 0.3) is 0 Å². The molecule has 0 aliphatic rings.